The molecule has 0 atom stereocenters. The predicted molar refractivity (Wildman–Crippen MR) is 64.7 cm³/mol. The maximum absolute atomic E-state index is 5.71. The summed E-state index contributed by atoms with van der Waals surface area (Å²) in [6.45, 7) is 10.1. The van der Waals surface area contributed by atoms with Gasteiger partial charge in [-0.25, -0.2) is 0 Å². The monoisotopic (exact) mass is 238 g/mol. The van der Waals surface area contributed by atoms with Crippen molar-refractivity contribution in [3.63, 3.8) is 0 Å². The minimum Gasteiger partial charge on any atom is -0.357 e. The maximum atomic E-state index is 5.71. The molecule has 0 aromatic rings. The van der Waals surface area contributed by atoms with Crippen molar-refractivity contribution in [2.24, 2.45) is 0 Å². The van der Waals surface area contributed by atoms with Crippen LogP contribution in [0.15, 0.2) is 0 Å². The van der Waals surface area contributed by atoms with Gasteiger partial charge >= 0.3 is 0 Å². The predicted octanol–water partition coefficient (Wildman–Crippen LogP) is 3.26. The molecule has 0 bridgehead atoms. The largest absolute Gasteiger partial charge is 0.357 e. The number of halogens is 1. The van der Waals surface area contributed by atoms with Crippen LogP contribution in [0.2, 0.25) is 19.1 Å². The summed E-state index contributed by atoms with van der Waals surface area (Å²) in [6, 6.07) is 1.17. The summed E-state index contributed by atoms with van der Waals surface area (Å²) in [5.74, 6) is 0.766. The van der Waals surface area contributed by atoms with E-state index in [1.54, 1.807) is 0 Å². The molecule has 0 N–H and O–H groups in total. The molecule has 0 aromatic carbocycles. The third kappa shape index (κ3) is 5.34. The van der Waals surface area contributed by atoms with E-state index in [-0.39, 0.29) is 5.91 Å². The molecule has 4 heteroatoms. The molecule has 0 aliphatic carbocycles. The molecule has 0 unspecified atom stereocenters. The second-order valence-corrected chi connectivity index (χ2v) is 9.35. The highest BCUT2D eigenvalue weighted by Gasteiger charge is 2.32. The summed E-state index contributed by atoms with van der Waals surface area (Å²) in [6.07, 6.45) is 1.07. The van der Waals surface area contributed by atoms with Crippen LogP contribution >= 0.6 is 11.6 Å². The summed E-state index contributed by atoms with van der Waals surface area (Å²) in [5, 5.41) is 0. The van der Waals surface area contributed by atoms with Gasteiger partial charge in [-0.05, 0) is 20.3 Å². The number of alkyl halides is 1. The maximum Gasteiger partial charge on any atom is 0.141 e. The van der Waals surface area contributed by atoms with Crippen molar-refractivity contribution < 1.29 is 9.47 Å². The summed E-state index contributed by atoms with van der Waals surface area (Å²) >= 11 is 5.71. The second-order valence-electron chi connectivity index (χ2n) is 4.02. The lowest BCUT2D eigenvalue weighted by atomic mass is 10.6. The SMILES string of the molecule is CCOC(OCC)[Si](C)(C)CCCCl. The van der Waals surface area contributed by atoms with Crippen molar-refractivity contribution in [3.8, 4) is 0 Å². The smallest absolute Gasteiger partial charge is 0.141 e. The minimum atomic E-state index is -1.42. The average molecular weight is 239 g/mol. The summed E-state index contributed by atoms with van der Waals surface area (Å²) in [7, 11) is -1.42. The van der Waals surface area contributed by atoms with Gasteiger partial charge in [0.25, 0.3) is 0 Å². The Labute approximate surface area is 93.9 Å². The van der Waals surface area contributed by atoms with Gasteiger partial charge in [-0.15, -0.1) is 11.6 Å². The van der Waals surface area contributed by atoms with E-state index >= 15 is 0 Å². The first kappa shape index (κ1) is 14.4. The molecule has 0 fully saturated rings. The van der Waals surface area contributed by atoms with E-state index in [2.05, 4.69) is 13.1 Å². The van der Waals surface area contributed by atoms with Gasteiger partial charge in [-0.2, -0.15) is 0 Å². The first-order valence-corrected chi connectivity index (χ1v) is 9.19. The van der Waals surface area contributed by atoms with Crippen molar-refractivity contribution in [2.45, 2.75) is 45.3 Å². The van der Waals surface area contributed by atoms with Crippen LogP contribution in [0, 0.1) is 0 Å². The number of hydrogen-bond donors (Lipinski definition) is 0. The molecule has 0 aromatic heterocycles. The van der Waals surface area contributed by atoms with Gasteiger partial charge in [0, 0.05) is 19.1 Å². The molecule has 0 amide bonds. The topological polar surface area (TPSA) is 18.5 Å². The van der Waals surface area contributed by atoms with Crippen LogP contribution in [0.5, 0.6) is 0 Å². The highest BCUT2D eigenvalue weighted by Crippen LogP contribution is 2.20. The van der Waals surface area contributed by atoms with E-state index in [1.807, 2.05) is 13.8 Å². The second kappa shape index (κ2) is 7.68. The Morgan fingerprint density at radius 1 is 1.14 bits per heavy atom. The van der Waals surface area contributed by atoms with Crippen molar-refractivity contribution in [1.29, 1.82) is 0 Å². The van der Waals surface area contributed by atoms with Crippen molar-refractivity contribution in [1.82, 2.24) is 0 Å². The van der Waals surface area contributed by atoms with Crippen molar-refractivity contribution in [2.75, 3.05) is 19.1 Å². The van der Waals surface area contributed by atoms with E-state index in [4.69, 9.17) is 21.1 Å². The molecule has 0 heterocycles. The zero-order chi connectivity index (χ0) is 11.0. The minimum absolute atomic E-state index is 0.0284. The van der Waals surface area contributed by atoms with E-state index in [0.29, 0.717) is 0 Å². The molecule has 2 nitrogen and oxygen atoms in total. The highest BCUT2D eigenvalue weighted by atomic mass is 35.5. The molecule has 0 rings (SSSR count). The third-order valence-electron chi connectivity index (χ3n) is 2.23. The summed E-state index contributed by atoms with van der Waals surface area (Å²) in [5.41, 5.74) is 0. The molecule has 0 aliphatic heterocycles. The Bertz CT molecular complexity index is 136. The van der Waals surface area contributed by atoms with E-state index in [0.717, 1.165) is 25.5 Å². The van der Waals surface area contributed by atoms with E-state index < -0.39 is 8.07 Å². The van der Waals surface area contributed by atoms with Gasteiger partial charge in [0.1, 0.15) is 14.0 Å². The summed E-state index contributed by atoms with van der Waals surface area (Å²) in [4.78, 5) is 0. The van der Waals surface area contributed by atoms with E-state index in [1.165, 1.54) is 6.04 Å². The van der Waals surface area contributed by atoms with Gasteiger partial charge in [-0.3, -0.25) is 0 Å². The molecule has 0 saturated heterocycles. The van der Waals surface area contributed by atoms with Crippen LogP contribution in [0.4, 0.5) is 0 Å². The first-order chi connectivity index (χ1) is 6.58. The summed E-state index contributed by atoms with van der Waals surface area (Å²) < 4.78 is 11.3. The Balaban J connectivity index is 4.13. The lowest BCUT2D eigenvalue weighted by Crippen LogP contribution is -2.45. The average Bonchev–Trinajstić information content (AvgIpc) is 2.14. The molecular formula is C10H23ClO2Si. The highest BCUT2D eigenvalue weighted by molar-refractivity contribution is 6.78. The fraction of sp³-hybridized carbons (Fsp3) is 1.00. The number of hydrogen-bond acceptors (Lipinski definition) is 2. The molecule has 0 radical (unpaired) electrons. The molecular weight excluding hydrogens is 216 g/mol. The standard InChI is InChI=1S/C10H23ClO2Si/c1-5-12-10(13-6-2)14(3,4)9-7-8-11/h10H,5-9H2,1-4H3. The van der Waals surface area contributed by atoms with Gasteiger partial charge in [0.15, 0.2) is 0 Å². The van der Waals surface area contributed by atoms with Crippen LogP contribution in [0.3, 0.4) is 0 Å². The van der Waals surface area contributed by atoms with Crippen LogP contribution in [-0.2, 0) is 9.47 Å². The van der Waals surface area contributed by atoms with Gasteiger partial charge in [0.2, 0.25) is 0 Å². The Morgan fingerprint density at radius 2 is 1.64 bits per heavy atom. The van der Waals surface area contributed by atoms with Crippen LogP contribution in [0.25, 0.3) is 0 Å². The Morgan fingerprint density at radius 3 is 2.00 bits per heavy atom. The zero-order valence-corrected chi connectivity index (χ0v) is 11.6. The molecule has 0 saturated carbocycles. The Hall–Kier alpha value is 0.427. The number of ether oxygens (including phenoxy) is 2. The van der Waals surface area contributed by atoms with Crippen LogP contribution < -0.4 is 0 Å². The van der Waals surface area contributed by atoms with Gasteiger partial charge in [-0.1, -0.05) is 19.1 Å². The molecule has 0 spiro atoms. The lowest BCUT2D eigenvalue weighted by Gasteiger charge is -2.31. The first-order valence-electron chi connectivity index (χ1n) is 5.37. The van der Waals surface area contributed by atoms with Crippen molar-refractivity contribution in [3.05, 3.63) is 0 Å². The molecule has 86 valence electrons. The van der Waals surface area contributed by atoms with E-state index in [9.17, 15) is 0 Å². The fourth-order valence-corrected chi connectivity index (χ4v) is 4.36. The van der Waals surface area contributed by atoms with Crippen LogP contribution in [0.1, 0.15) is 20.3 Å². The quantitative estimate of drug-likeness (QED) is 0.367. The van der Waals surface area contributed by atoms with Crippen molar-refractivity contribution >= 4 is 19.7 Å². The molecule has 0 aliphatic rings. The molecule has 14 heavy (non-hydrogen) atoms. The number of rotatable bonds is 8. The lowest BCUT2D eigenvalue weighted by molar-refractivity contribution is -0.0883. The zero-order valence-electron chi connectivity index (χ0n) is 9.81. The third-order valence-corrected chi connectivity index (χ3v) is 5.75. The Kier molecular flexibility index (Phi) is 7.92. The van der Waals surface area contributed by atoms with Crippen LogP contribution in [-0.4, -0.2) is 33.1 Å². The van der Waals surface area contributed by atoms with Gasteiger partial charge < -0.3 is 9.47 Å². The van der Waals surface area contributed by atoms with Gasteiger partial charge in [0.05, 0.1) is 0 Å². The fourth-order valence-electron chi connectivity index (χ4n) is 1.44. The normalized spacial score (nSPS) is 12.4.